The highest BCUT2D eigenvalue weighted by molar-refractivity contribution is 4.99. The van der Waals surface area contributed by atoms with E-state index in [1.54, 1.807) is 0 Å². The zero-order valence-corrected chi connectivity index (χ0v) is 11.4. The van der Waals surface area contributed by atoms with Gasteiger partial charge in [0.2, 0.25) is 0 Å². The second kappa shape index (κ2) is 4.84. The topological polar surface area (TPSA) is 52.7 Å². The molecule has 4 nitrogen and oxygen atoms in total. The molecule has 0 aromatic heterocycles. The summed E-state index contributed by atoms with van der Waals surface area (Å²) in [6.07, 6.45) is 2.29. The molecule has 1 heterocycles. The smallest absolute Gasteiger partial charge is 0.0923 e. The summed E-state index contributed by atoms with van der Waals surface area (Å²) in [6, 6.07) is 0.608. The highest BCUT2D eigenvalue weighted by Crippen LogP contribution is 2.40. The molecule has 0 bridgehead atoms. The second-order valence-electron chi connectivity index (χ2n) is 6.28. The molecule has 17 heavy (non-hydrogen) atoms. The van der Waals surface area contributed by atoms with Gasteiger partial charge >= 0.3 is 0 Å². The molecular formula is C13H27N3O. The number of β-amino-alcohol motifs (C(OH)–C–C–N with tert-alkyl or cyclic N) is 1. The number of likely N-dealkylation sites (N-methyl/N-ethyl adjacent to an activating group) is 1. The van der Waals surface area contributed by atoms with Gasteiger partial charge < -0.3 is 15.7 Å². The minimum Gasteiger partial charge on any atom is -0.387 e. The van der Waals surface area contributed by atoms with Crippen LogP contribution in [0.2, 0.25) is 0 Å². The van der Waals surface area contributed by atoms with Crippen molar-refractivity contribution in [1.29, 1.82) is 0 Å². The molecule has 3 unspecified atom stereocenters. The van der Waals surface area contributed by atoms with Crippen LogP contribution in [0.15, 0.2) is 0 Å². The van der Waals surface area contributed by atoms with Crippen molar-refractivity contribution in [3.63, 3.8) is 0 Å². The van der Waals surface area contributed by atoms with Crippen LogP contribution in [0.5, 0.6) is 0 Å². The van der Waals surface area contributed by atoms with Crippen molar-refractivity contribution in [2.45, 2.75) is 31.4 Å². The van der Waals surface area contributed by atoms with Gasteiger partial charge in [-0.05, 0) is 38.8 Å². The van der Waals surface area contributed by atoms with Crippen molar-refractivity contribution >= 4 is 0 Å². The van der Waals surface area contributed by atoms with E-state index in [0.29, 0.717) is 24.4 Å². The number of hydrogen-bond donors (Lipinski definition) is 2. The van der Waals surface area contributed by atoms with Gasteiger partial charge in [0.05, 0.1) is 5.60 Å². The summed E-state index contributed by atoms with van der Waals surface area (Å²) in [5.74, 6) is 1.12. The van der Waals surface area contributed by atoms with Gasteiger partial charge in [0.25, 0.3) is 0 Å². The van der Waals surface area contributed by atoms with Crippen LogP contribution in [0.4, 0.5) is 0 Å². The summed E-state index contributed by atoms with van der Waals surface area (Å²) >= 11 is 0. The highest BCUT2D eigenvalue weighted by atomic mass is 16.3. The third-order valence-corrected chi connectivity index (χ3v) is 4.50. The Balaban J connectivity index is 1.92. The highest BCUT2D eigenvalue weighted by Gasteiger charge is 2.45. The SMILES string of the molecule is CC1CN(CC(O)(CN)C2CC2)CC1N(C)C. The van der Waals surface area contributed by atoms with Crippen molar-refractivity contribution < 1.29 is 5.11 Å². The van der Waals surface area contributed by atoms with E-state index < -0.39 is 5.60 Å². The van der Waals surface area contributed by atoms with Crippen LogP contribution in [0.1, 0.15) is 19.8 Å². The fourth-order valence-electron chi connectivity index (χ4n) is 3.22. The Bertz CT molecular complexity index is 267. The van der Waals surface area contributed by atoms with Crippen LogP contribution < -0.4 is 5.73 Å². The fourth-order valence-corrected chi connectivity index (χ4v) is 3.22. The summed E-state index contributed by atoms with van der Waals surface area (Å²) in [7, 11) is 4.28. The van der Waals surface area contributed by atoms with Gasteiger partial charge in [-0.1, -0.05) is 6.92 Å². The monoisotopic (exact) mass is 241 g/mol. The average molecular weight is 241 g/mol. The molecule has 0 spiro atoms. The number of hydrogen-bond acceptors (Lipinski definition) is 4. The van der Waals surface area contributed by atoms with E-state index in [0.717, 1.165) is 32.5 Å². The van der Waals surface area contributed by atoms with Gasteiger partial charge in [0.15, 0.2) is 0 Å². The minimum atomic E-state index is -0.638. The number of rotatable bonds is 5. The second-order valence-corrected chi connectivity index (χ2v) is 6.28. The maximum atomic E-state index is 10.6. The molecule has 0 aromatic carbocycles. The lowest BCUT2D eigenvalue weighted by Crippen LogP contribution is -2.50. The molecule has 100 valence electrons. The number of likely N-dealkylation sites (tertiary alicyclic amines) is 1. The molecule has 0 aromatic rings. The zero-order chi connectivity index (χ0) is 12.6. The number of aliphatic hydroxyl groups is 1. The summed E-state index contributed by atoms with van der Waals surface area (Å²) < 4.78 is 0. The van der Waals surface area contributed by atoms with Gasteiger partial charge in [-0.25, -0.2) is 0 Å². The maximum Gasteiger partial charge on any atom is 0.0923 e. The molecule has 2 fully saturated rings. The molecule has 2 aliphatic rings. The van der Waals surface area contributed by atoms with Gasteiger partial charge in [0.1, 0.15) is 0 Å². The molecule has 3 N–H and O–H groups in total. The summed E-state index contributed by atoms with van der Waals surface area (Å²) in [6.45, 7) is 5.59. The Morgan fingerprint density at radius 2 is 2.00 bits per heavy atom. The summed E-state index contributed by atoms with van der Waals surface area (Å²) in [5.41, 5.74) is 5.13. The first kappa shape index (κ1) is 13.3. The van der Waals surface area contributed by atoms with Crippen molar-refractivity contribution in [2.24, 2.45) is 17.6 Å². The van der Waals surface area contributed by atoms with Gasteiger partial charge in [-0.3, -0.25) is 4.90 Å². The number of nitrogens with zero attached hydrogens (tertiary/aromatic N) is 2. The van der Waals surface area contributed by atoms with E-state index in [9.17, 15) is 5.11 Å². The lowest BCUT2D eigenvalue weighted by Gasteiger charge is -2.31. The van der Waals surface area contributed by atoms with E-state index in [2.05, 4.69) is 30.8 Å². The van der Waals surface area contributed by atoms with Gasteiger partial charge in [-0.2, -0.15) is 0 Å². The van der Waals surface area contributed by atoms with Gasteiger partial charge in [0, 0.05) is 32.2 Å². The van der Waals surface area contributed by atoms with Gasteiger partial charge in [-0.15, -0.1) is 0 Å². The first-order chi connectivity index (χ1) is 7.96. The Hall–Kier alpha value is -0.160. The largest absolute Gasteiger partial charge is 0.387 e. The fraction of sp³-hybridized carbons (Fsp3) is 1.00. The quantitative estimate of drug-likeness (QED) is 0.710. The molecule has 0 amide bonds. The lowest BCUT2D eigenvalue weighted by atomic mass is 9.97. The Morgan fingerprint density at radius 1 is 1.35 bits per heavy atom. The molecular weight excluding hydrogens is 214 g/mol. The maximum absolute atomic E-state index is 10.6. The predicted octanol–water partition coefficient (Wildman–Crippen LogP) is -0.0319. The normalized spacial score (nSPS) is 34.2. The van der Waals surface area contributed by atoms with Crippen LogP contribution in [-0.4, -0.2) is 66.8 Å². The van der Waals surface area contributed by atoms with E-state index in [-0.39, 0.29) is 0 Å². The molecule has 1 aliphatic heterocycles. The first-order valence-corrected chi connectivity index (χ1v) is 6.77. The van der Waals surface area contributed by atoms with Crippen molar-refractivity contribution in [3.05, 3.63) is 0 Å². The Labute approximate surface area is 105 Å². The summed E-state index contributed by atoms with van der Waals surface area (Å²) in [4.78, 5) is 4.68. The molecule has 2 rings (SSSR count). The predicted molar refractivity (Wildman–Crippen MR) is 69.8 cm³/mol. The molecule has 1 saturated heterocycles. The molecule has 1 saturated carbocycles. The van der Waals surface area contributed by atoms with Crippen molar-refractivity contribution in [1.82, 2.24) is 9.80 Å². The van der Waals surface area contributed by atoms with Crippen LogP contribution >= 0.6 is 0 Å². The molecule has 3 atom stereocenters. The van der Waals surface area contributed by atoms with Crippen LogP contribution in [0.25, 0.3) is 0 Å². The van der Waals surface area contributed by atoms with E-state index in [4.69, 9.17) is 5.73 Å². The van der Waals surface area contributed by atoms with Crippen LogP contribution in [-0.2, 0) is 0 Å². The zero-order valence-electron chi connectivity index (χ0n) is 11.4. The third-order valence-electron chi connectivity index (χ3n) is 4.50. The van der Waals surface area contributed by atoms with E-state index in [1.165, 1.54) is 0 Å². The number of nitrogens with two attached hydrogens (primary N) is 1. The van der Waals surface area contributed by atoms with E-state index >= 15 is 0 Å². The molecule has 4 heteroatoms. The van der Waals surface area contributed by atoms with E-state index in [1.807, 2.05) is 0 Å². The summed E-state index contributed by atoms with van der Waals surface area (Å²) in [5, 5.41) is 10.6. The van der Waals surface area contributed by atoms with Crippen molar-refractivity contribution in [2.75, 3.05) is 40.3 Å². The van der Waals surface area contributed by atoms with Crippen LogP contribution in [0, 0.1) is 11.8 Å². The standard InChI is InChI=1S/C13H27N3O/c1-10-6-16(7-12(10)15(2)3)9-13(17,8-14)11-4-5-11/h10-12,17H,4-9,14H2,1-3H3. The lowest BCUT2D eigenvalue weighted by molar-refractivity contribution is -0.00415. The average Bonchev–Trinajstić information content (AvgIpc) is 3.04. The minimum absolute atomic E-state index is 0.398. The van der Waals surface area contributed by atoms with Crippen LogP contribution in [0.3, 0.4) is 0 Å². The van der Waals surface area contributed by atoms with Crippen molar-refractivity contribution in [3.8, 4) is 0 Å². The Kier molecular flexibility index (Phi) is 3.78. The first-order valence-electron chi connectivity index (χ1n) is 6.77. The Morgan fingerprint density at radius 3 is 2.41 bits per heavy atom. The molecule has 1 aliphatic carbocycles. The third kappa shape index (κ3) is 2.81. The molecule has 0 radical (unpaired) electrons.